The zero-order valence-corrected chi connectivity index (χ0v) is 29.7. The van der Waals surface area contributed by atoms with Gasteiger partial charge in [0.1, 0.15) is 11.5 Å². The van der Waals surface area contributed by atoms with E-state index in [1.54, 1.807) is 36.4 Å². The zero-order valence-electron chi connectivity index (χ0n) is 24.3. The van der Waals surface area contributed by atoms with Crippen LogP contribution in [0.5, 0.6) is 11.5 Å². The van der Waals surface area contributed by atoms with Gasteiger partial charge in [-0.1, -0.05) is 75.7 Å². The molecule has 1 N–H and O–H groups in total. The lowest BCUT2D eigenvalue weighted by Crippen LogP contribution is -2.37. The fourth-order valence-corrected chi connectivity index (χ4v) is 6.95. The number of nitrogens with one attached hydrogen (secondary N) is 1. The molecule has 15 heteroatoms. The number of anilines is 2. The van der Waals surface area contributed by atoms with Crippen molar-refractivity contribution in [2.24, 2.45) is 0 Å². The highest BCUT2D eigenvalue weighted by Crippen LogP contribution is 2.32. The maximum Gasteiger partial charge on any atom is 0.270 e. The average molecular weight is 779 g/mol. The van der Waals surface area contributed by atoms with E-state index in [4.69, 9.17) is 79.1 Å². The number of ether oxygens (including phenoxy) is 2. The van der Waals surface area contributed by atoms with Crippen molar-refractivity contribution in [1.29, 1.82) is 0 Å². The lowest BCUT2D eigenvalue weighted by Gasteiger charge is -2.23. The first-order valence-corrected chi connectivity index (χ1v) is 17.6. The van der Waals surface area contributed by atoms with E-state index in [-0.39, 0.29) is 58.8 Å². The van der Waals surface area contributed by atoms with E-state index >= 15 is 0 Å². The van der Waals surface area contributed by atoms with Gasteiger partial charge in [-0.25, -0.2) is 12.7 Å². The third-order valence-electron chi connectivity index (χ3n) is 6.41. The SMILES string of the molecule is O=C(CCCOc1ccc(Cl)cc1Cl)Nc1cc(S(=O)(=O)N(C(=O)CCCOc2ccc(Cl)cc2Cl)c2cccc(Cl)c2)ccc1Cl. The molecule has 248 valence electrons. The van der Waals surface area contributed by atoms with Crippen molar-refractivity contribution < 1.29 is 27.5 Å². The van der Waals surface area contributed by atoms with Crippen LogP contribution in [-0.2, 0) is 19.6 Å². The minimum absolute atomic E-state index is 0.0329. The van der Waals surface area contributed by atoms with Crippen LogP contribution in [0.2, 0.25) is 30.1 Å². The number of benzene rings is 4. The molecule has 0 saturated carbocycles. The van der Waals surface area contributed by atoms with Crippen LogP contribution in [0.15, 0.2) is 83.8 Å². The van der Waals surface area contributed by atoms with Crippen molar-refractivity contribution in [3.05, 3.63) is 109 Å². The Morgan fingerprint density at radius 2 is 1.23 bits per heavy atom. The quantitative estimate of drug-likeness (QED) is 0.128. The molecule has 0 unspecified atom stereocenters. The summed E-state index contributed by atoms with van der Waals surface area (Å²) in [6, 6.07) is 19.2. The first kappa shape index (κ1) is 36.9. The predicted octanol–water partition coefficient (Wildman–Crippen LogP) is 9.99. The fourth-order valence-electron chi connectivity index (χ4n) is 4.20. The number of carbonyl (C=O) groups excluding carboxylic acids is 2. The van der Waals surface area contributed by atoms with E-state index < -0.39 is 21.8 Å². The molecular formula is C32H26Cl6N2O6S. The van der Waals surface area contributed by atoms with Crippen LogP contribution in [0.25, 0.3) is 0 Å². The largest absolute Gasteiger partial charge is 0.492 e. The molecule has 0 aliphatic heterocycles. The Labute approximate surface area is 302 Å². The Balaban J connectivity index is 1.45. The Hall–Kier alpha value is -2.89. The summed E-state index contributed by atoms with van der Waals surface area (Å²) < 4.78 is 39.9. The lowest BCUT2D eigenvalue weighted by molar-refractivity contribution is -0.118. The van der Waals surface area contributed by atoms with Crippen molar-refractivity contribution in [2.75, 3.05) is 22.8 Å². The van der Waals surface area contributed by atoms with Gasteiger partial charge < -0.3 is 14.8 Å². The van der Waals surface area contributed by atoms with Crippen molar-refractivity contribution >= 4 is 103 Å². The number of hydrogen-bond acceptors (Lipinski definition) is 6. The van der Waals surface area contributed by atoms with Gasteiger partial charge in [-0.15, -0.1) is 0 Å². The number of halogens is 6. The maximum atomic E-state index is 14.0. The van der Waals surface area contributed by atoms with E-state index in [1.807, 2.05) is 0 Å². The van der Waals surface area contributed by atoms with Crippen LogP contribution >= 0.6 is 69.6 Å². The third-order valence-corrected chi connectivity index (χ3v) is 9.78. The van der Waals surface area contributed by atoms with Gasteiger partial charge in [-0.05, 0) is 85.6 Å². The Morgan fingerprint density at radius 1 is 0.660 bits per heavy atom. The molecule has 47 heavy (non-hydrogen) atoms. The van der Waals surface area contributed by atoms with Gasteiger partial charge in [-0.2, -0.15) is 0 Å². The second kappa shape index (κ2) is 17.0. The molecule has 8 nitrogen and oxygen atoms in total. The Kier molecular flexibility index (Phi) is 13.3. The van der Waals surface area contributed by atoms with Crippen LogP contribution < -0.4 is 19.1 Å². The van der Waals surface area contributed by atoms with E-state index in [0.29, 0.717) is 42.3 Å². The summed E-state index contributed by atoms with van der Waals surface area (Å²) in [5, 5.41) is 4.50. The summed E-state index contributed by atoms with van der Waals surface area (Å²) in [6.45, 7) is 0.261. The highest BCUT2D eigenvalue weighted by Gasteiger charge is 2.31. The molecule has 0 fully saturated rings. The highest BCUT2D eigenvalue weighted by molar-refractivity contribution is 7.93. The second-order valence-electron chi connectivity index (χ2n) is 9.89. The van der Waals surface area contributed by atoms with E-state index in [0.717, 1.165) is 0 Å². The van der Waals surface area contributed by atoms with E-state index in [2.05, 4.69) is 5.32 Å². The van der Waals surface area contributed by atoms with Gasteiger partial charge in [0.05, 0.1) is 44.6 Å². The first-order chi connectivity index (χ1) is 22.3. The van der Waals surface area contributed by atoms with Crippen molar-refractivity contribution in [2.45, 2.75) is 30.6 Å². The molecule has 0 aliphatic carbocycles. The van der Waals surface area contributed by atoms with Crippen LogP contribution in [-0.4, -0.2) is 33.4 Å². The summed E-state index contributed by atoms with van der Waals surface area (Å²) in [7, 11) is -4.51. The molecule has 0 heterocycles. The van der Waals surface area contributed by atoms with Crippen molar-refractivity contribution in [3.8, 4) is 11.5 Å². The summed E-state index contributed by atoms with van der Waals surface area (Å²) in [5.74, 6) is -0.373. The number of hydrogen-bond donors (Lipinski definition) is 1. The minimum atomic E-state index is -4.51. The summed E-state index contributed by atoms with van der Waals surface area (Å²) >= 11 is 36.5. The topological polar surface area (TPSA) is 102 Å². The van der Waals surface area contributed by atoms with Gasteiger partial charge in [0.15, 0.2) is 0 Å². The Morgan fingerprint density at radius 3 is 1.81 bits per heavy atom. The number of carbonyl (C=O) groups is 2. The molecule has 4 rings (SSSR count). The second-order valence-corrected chi connectivity index (χ2v) is 14.2. The molecule has 4 aromatic rings. The van der Waals surface area contributed by atoms with Crippen LogP contribution in [0.3, 0.4) is 0 Å². The summed E-state index contributed by atoms with van der Waals surface area (Å²) in [4.78, 5) is 25.9. The van der Waals surface area contributed by atoms with Gasteiger partial charge >= 0.3 is 0 Å². The molecule has 0 aromatic heterocycles. The normalized spacial score (nSPS) is 11.2. The Bertz CT molecular complexity index is 1880. The standard InChI is InChI=1S/C32H26Cl6N2O6S/c33-20-4-1-5-23(16-20)40(32(42)7-3-15-46-30-13-9-22(35)18-27(30)38)47(43,44)24-10-11-25(36)28(19-24)39-31(41)6-2-14-45-29-12-8-21(34)17-26(29)37/h1,4-5,8-13,16-19H,2-3,6-7,14-15H2,(H,39,41). The maximum absolute atomic E-state index is 14.0. The smallest absolute Gasteiger partial charge is 0.270 e. The molecule has 0 aliphatic rings. The molecule has 0 bridgehead atoms. The lowest BCUT2D eigenvalue weighted by atomic mass is 10.2. The molecule has 4 aromatic carbocycles. The first-order valence-electron chi connectivity index (χ1n) is 13.9. The zero-order chi connectivity index (χ0) is 34.1. The van der Waals surface area contributed by atoms with Crippen molar-refractivity contribution in [3.63, 3.8) is 0 Å². The molecule has 0 radical (unpaired) electrons. The highest BCUT2D eigenvalue weighted by atomic mass is 35.5. The van der Waals surface area contributed by atoms with Gasteiger partial charge in [0, 0.05) is 27.9 Å². The average Bonchev–Trinajstić information content (AvgIpc) is 3.00. The van der Waals surface area contributed by atoms with Gasteiger partial charge in [0.2, 0.25) is 11.8 Å². The fraction of sp³-hybridized carbons (Fsp3) is 0.188. The summed E-state index contributed by atoms with van der Waals surface area (Å²) in [5.41, 5.74) is 0.0802. The van der Waals surface area contributed by atoms with Gasteiger partial charge in [0.25, 0.3) is 10.0 Å². The molecule has 0 spiro atoms. The van der Waals surface area contributed by atoms with E-state index in [9.17, 15) is 18.0 Å². The predicted molar refractivity (Wildman–Crippen MR) is 189 cm³/mol. The third kappa shape index (κ3) is 10.3. The number of rotatable bonds is 14. The van der Waals surface area contributed by atoms with Crippen LogP contribution in [0.4, 0.5) is 11.4 Å². The number of amides is 2. The number of sulfonamides is 1. The van der Waals surface area contributed by atoms with E-state index in [1.165, 1.54) is 42.5 Å². The molecular weight excluding hydrogens is 753 g/mol. The minimum Gasteiger partial charge on any atom is -0.492 e. The summed E-state index contributed by atoms with van der Waals surface area (Å²) in [6.07, 6.45) is 0.331. The van der Waals surface area contributed by atoms with Crippen LogP contribution in [0.1, 0.15) is 25.7 Å². The van der Waals surface area contributed by atoms with Gasteiger partial charge in [-0.3, -0.25) is 9.59 Å². The number of nitrogens with zero attached hydrogens (tertiary/aromatic N) is 1. The molecule has 2 amide bonds. The molecule has 0 atom stereocenters. The molecule has 0 saturated heterocycles. The monoisotopic (exact) mass is 776 g/mol. The van der Waals surface area contributed by atoms with Crippen molar-refractivity contribution in [1.82, 2.24) is 0 Å². The van der Waals surface area contributed by atoms with Crippen LogP contribution in [0, 0.1) is 0 Å².